The SMILES string of the molecule is Cc1ccc(C23c4ccccc4C(=O)N2CCCCN3Cc2ccc(F)cc2)cc1.Cc1ccc(CN2CCCN3C(=O)c4ccccc4C23c2ccc(Cl)cc2)cc1.O=C1c2ccccc2C2(c3ccc(Cl)cc3)N(Cc3ccc(Br)cc3)CCCN12.O=C1c2ccccc2C2(c3ccccc3)N(Cc3ccc(F)cc3)CCCCN12. The number of nitrogens with zero attached hydrogens (tertiary/aromatic N) is 8. The Bertz CT molecular complexity index is 5460. The Labute approximate surface area is 702 Å². The van der Waals surface area contributed by atoms with E-state index >= 15 is 0 Å². The lowest BCUT2D eigenvalue weighted by molar-refractivity contribution is -0.0435. The summed E-state index contributed by atoms with van der Waals surface area (Å²) < 4.78 is 28.0. The van der Waals surface area contributed by atoms with Crippen LogP contribution in [0.1, 0.15) is 158 Å². The quantitative estimate of drug-likeness (QED) is 0.119. The van der Waals surface area contributed by atoms with Gasteiger partial charge in [-0.25, -0.2) is 8.78 Å². The number of hydrogen-bond acceptors (Lipinski definition) is 8. The molecular weight excluding hydrogens is 1570 g/mol. The first-order valence-corrected chi connectivity index (χ1v) is 42.2. The van der Waals surface area contributed by atoms with Gasteiger partial charge in [0.05, 0.1) is 0 Å². The smallest absolute Gasteiger partial charge is 0.256 e. The van der Waals surface area contributed by atoms with Gasteiger partial charge >= 0.3 is 0 Å². The van der Waals surface area contributed by atoms with E-state index < -0.39 is 22.7 Å². The largest absolute Gasteiger partial charge is 0.312 e. The van der Waals surface area contributed by atoms with Crippen LogP contribution in [0.5, 0.6) is 0 Å². The Balaban J connectivity index is 0.000000112. The van der Waals surface area contributed by atoms with E-state index in [0.717, 1.165) is 186 Å². The summed E-state index contributed by atoms with van der Waals surface area (Å²) in [6.45, 7) is 13.5. The van der Waals surface area contributed by atoms with Gasteiger partial charge in [0, 0.05) is 138 Å². The first-order chi connectivity index (χ1) is 57.0. The van der Waals surface area contributed by atoms with Crippen molar-refractivity contribution in [3.8, 4) is 0 Å². The molecule has 117 heavy (non-hydrogen) atoms. The number of rotatable bonds is 12. The molecule has 4 atom stereocenters. The topological polar surface area (TPSA) is 94.2 Å². The molecule has 0 bridgehead atoms. The minimum atomic E-state index is -0.647. The number of benzene rings is 12. The molecule has 8 heterocycles. The van der Waals surface area contributed by atoms with Crippen molar-refractivity contribution < 1.29 is 28.0 Å². The summed E-state index contributed by atoms with van der Waals surface area (Å²) in [7, 11) is 0. The lowest BCUT2D eigenvalue weighted by Crippen LogP contribution is -2.60. The van der Waals surface area contributed by atoms with E-state index in [1.165, 1.54) is 46.5 Å². The molecule has 0 aromatic heterocycles. The first-order valence-electron chi connectivity index (χ1n) is 40.6. The summed E-state index contributed by atoms with van der Waals surface area (Å²) in [5.74, 6) is -0.0517. The molecule has 8 aliphatic rings. The van der Waals surface area contributed by atoms with Crippen molar-refractivity contribution in [1.82, 2.24) is 39.2 Å². The van der Waals surface area contributed by atoms with Gasteiger partial charge in [0.2, 0.25) is 0 Å². The number of aryl methyl sites for hydroxylation is 2. The zero-order valence-electron chi connectivity index (χ0n) is 65.6. The molecule has 0 saturated carbocycles. The van der Waals surface area contributed by atoms with Crippen molar-refractivity contribution in [2.75, 3.05) is 52.4 Å². The molecule has 12 aromatic carbocycles. The lowest BCUT2D eigenvalue weighted by atomic mass is 9.86. The zero-order valence-corrected chi connectivity index (χ0v) is 68.7. The summed E-state index contributed by atoms with van der Waals surface area (Å²) in [6, 6.07) is 97.3. The fourth-order valence-corrected chi connectivity index (χ4v) is 20.1. The third-order valence-corrected chi connectivity index (χ3v) is 25.8. The molecule has 20 rings (SSSR count). The third-order valence-electron chi connectivity index (χ3n) is 24.7. The highest BCUT2D eigenvalue weighted by molar-refractivity contribution is 9.10. The Morgan fingerprint density at radius 2 is 0.521 bits per heavy atom. The Hall–Kier alpha value is -10.7. The normalized spacial score (nSPS) is 21.3. The van der Waals surface area contributed by atoms with Gasteiger partial charge in [-0.05, 0) is 182 Å². The van der Waals surface area contributed by atoms with E-state index in [1.54, 1.807) is 0 Å². The molecule has 4 amide bonds. The molecule has 17 heteroatoms. The molecule has 4 saturated heterocycles. The van der Waals surface area contributed by atoms with Crippen LogP contribution in [-0.4, -0.2) is 115 Å². The van der Waals surface area contributed by atoms with Crippen molar-refractivity contribution in [3.63, 3.8) is 0 Å². The van der Waals surface area contributed by atoms with Gasteiger partial charge < -0.3 is 19.6 Å². The minimum Gasteiger partial charge on any atom is -0.312 e. The van der Waals surface area contributed by atoms with E-state index in [9.17, 15) is 28.0 Å². The Kier molecular flexibility index (Phi) is 22.5. The summed E-state index contributed by atoms with van der Waals surface area (Å²) in [6.07, 6.45) is 5.87. The van der Waals surface area contributed by atoms with Gasteiger partial charge in [0.1, 0.15) is 34.3 Å². The second-order valence-electron chi connectivity index (χ2n) is 31.6. The lowest BCUT2D eigenvalue weighted by Gasteiger charge is -2.51. The number of hydrogen-bond donors (Lipinski definition) is 0. The highest BCUT2D eigenvalue weighted by Gasteiger charge is 2.60. The molecule has 12 aromatic rings. The number of amides is 4. The van der Waals surface area contributed by atoms with Crippen LogP contribution < -0.4 is 0 Å². The molecule has 8 aliphatic heterocycles. The van der Waals surface area contributed by atoms with Crippen molar-refractivity contribution in [2.45, 2.75) is 101 Å². The summed E-state index contributed by atoms with van der Waals surface area (Å²) in [5.41, 5.74) is 16.3. The highest BCUT2D eigenvalue weighted by Crippen LogP contribution is 2.54. The molecular formula is C100H91BrCl2F2N8O4. The van der Waals surface area contributed by atoms with Gasteiger partial charge in [-0.15, -0.1) is 0 Å². The van der Waals surface area contributed by atoms with Crippen LogP contribution in [0.3, 0.4) is 0 Å². The summed E-state index contributed by atoms with van der Waals surface area (Å²) in [5, 5.41) is 1.40. The molecule has 590 valence electrons. The van der Waals surface area contributed by atoms with Crippen molar-refractivity contribution in [2.24, 2.45) is 0 Å². The van der Waals surface area contributed by atoms with Gasteiger partial charge in [-0.1, -0.05) is 263 Å². The first kappa shape index (κ1) is 78.8. The van der Waals surface area contributed by atoms with Crippen LogP contribution in [0.4, 0.5) is 8.78 Å². The maximum Gasteiger partial charge on any atom is 0.256 e. The van der Waals surface area contributed by atoms with Crippen LogP contribution in [0, 0.1) is 25.5 Å². The number of halogens is 5. The van der Waals surface area contributed by atoms with E-state index in [-0.39, 0.29) is 35.3 Å². The van der Waals surface area contributed by atoms with E-state index in [1.807, 2.05) is 149 Å². The maximum absolute atomic E-state index is 13.5. The molecule has 0 radical (unpaired) electrons. The molecule has 0 N–H and O–H groups in total. The second-order valence-corrected chi connectivity index (χ2v) is 33.4. The van der Waals surface area contributed by atoms with Gasteiger partial charge in [0.15, 0.2) is 0 Å². The monoisotopic (exact) mass is 1650 g/mol. The van der Waals surface area contributed by atoms with Crippen molar-refractivity contribution in [3.05, 3.63) is 424 Å². The molecule has 4 fully saturated rings. The second kappa shape index (κ2) is 33.3. The molecule has 12 nitrogen and oxygen atoms in total. The predicted octanol–water partition coefficient (Wildman–Crippen LogP) is 20.7. The van der Waals surface area contributed by atoms with Crippen LogP contribution >= 0.6 is 39.1 Å². The fraction of sp³-hybridized carbons (Fsp3) is 0.240. The van der Waals surface area contributed by atoms with Crippen molar-refractivity contribution >= 4 is 62.8 Å². The van der Waals surface area contributed by atoms with Crippen LogP contribution in [0.2, 0.25) is 10.0 Å². The van der Waals surface area contributed by atoms with Crippen LogP contribution in [0.15, 0.2) is 302 Å². The summed E-state index contributed by atoms with van der Waals surface area (Å²) in [4.78, 5) is 71.6. The number of carbonyl (C=O) groups excluding carboxylic acids is 4. The molecule has 0 aliphatic carbocycles. The molecule has 0 spiro atoms. The summed E-state index contributed by atoms with van der Waals surface area (Å²) >= 11 is 15.9. The van der Waals surface area contributed by atoms with Gasteiger partial charge in [-0.2, -0.15) is 0 Å². The zero-order chi connectivity index (χ0) is 80.6. The Morgan fingerprint density at radius 3 is 0.846 bits per heavy atom. The highest BCUT2D eigenvalue weighted by atomic mass is 79.9. The predicted molar refractivity (Wildman–Crippen MR) is 461 cm³/mol. The third kappa shape index (κ3) is 14.2. The Morgan fingerprint density at radius 1 is 0.282 bits per heavy atom. The average Bonchev–Trinajstić information content (AvgIpc) is 1.58. The maximum atomic E-state index is 13.5. The van der Waals surface area contributed by atoms with Crippen molar-refractivity contribution in [1.29, 1.82) is 0 Å². The van der Waals surface area contributed by atoms with Crippen LogP contribution in [0.25, 0.3) is 0 Å². The minimum absolute atomic E-state index is 0.0930. The standard InChI is InChI=1S/C26H25FN2O.C25H23ClN2O.C25H23FN2O.C24H20BrClN2O/c1-19-8-12-21(13-9-19)26-24-7-3-2-6-23(24)25(30)29(26)17-5-4-16-28(26)18-20-10-14-22(27)15-11-20;1-18-7-9-19(10-8-18)17-27-15-4-16-28-24(29)22-5-2-3-6-23(22)25(27,28)20-11-13-21(26)14-12-20;26-21-14-12-19(13-15-21)18-27-16-6-7-17-28-24(29)22-10-4-5-11-23(22)25(27,28)20-8-2-1-3-9-20;25-19-10-6-17(7-11-19)16-27-14-3-15-28-23(29)21-4-1-2-5-22(21)24(27,28)18-8-12-20(26)13-9-18/h2-3,6-15H,4-5,16-18H2,1H3;2-3,5-14H,4,15-17H2,1H3;1-5,8-15H,6-7,16-18H2;1-2,4-13H,3,14-16H2. The van der Waals surface area contributed by atoms with Gasteiger partial charge in [-0.3, -0.25) is 38.8 Å². The van der Waals surface area contributed by atoms with E-state index in [4.69, 9.17) is 23.2 Å². The molecule has 4 unspecified atom stereocenters. The van der Waals surface area contributed by atoms with Gasteiger partial charge in [0.25, 0.3) is 23.6 Å². The van der Waals surface area contributed by atoms with E-state index in [0.29, 0.717) is 23.1 Å². The number of carbonyl (C=O) groups is 4. The average molecular weight is 1660 g/mol. The van der Waals surface area contributed by atoms with E-state index in [2.05, 4.69) is 193 Å². The fourth-order valence-electron chi connectivity index (χ4n) is 19.6. The van der Waals surface area contributed by atoms with Crippen LogP contribution in [-0.2, 0) is 48.8 Å². The number of fused-ring (bicyclic) bond motifs is 12.